The molecule has 1 fully saturated rings. The lowest BCUT2D eigenvalue weighted by Gasteiger charge is -2.14. The highest BCUT2D eigenvalue weighted by atomic mass is 32.1. The molecule has 1 aromatic carbocycles. The second-order valence-corrected chi connectivity index (χ2v) is 5.66. The van der Waals surface area contributed by atoms with Gasteiger partial charge in [-0.25, -0.2) is 4.68 Å². The number of hydrogen-bond donors (Lipinski definition) is 3. The summed E-state index contributed by atoms with van der Waals surface area (Å²) in [7, 11) is 0. The lowest BCUT2D eigenvalue weighted by atomic mass is 10.2. The number of carbonyl (C=O) groups is 1. The number of nitrogens with zero attached hydrogens (tertiary/aromatic N) is 3. The van der Waals surface area contributed by atoms with E-state index in [9.17, 15) is 4.79 Å². The number of rotatable bonds is 4. The molecular weight excluding hydrogens is 316 g/mol. The Bertz CT molecular complexity index is 697. The molecule has 23 heavy (non-hydrogen) atoms. The number of aromatic nitrogens is 3. The molecule has 0 bridgehead atoms. The third-order valence-corrected chi connectivity index (χ3v) is 3.79. The molecule has 122 valence electrons. The van der Waals surface area contributed by atoms with Gasteiger partial charge in [0.25, 0.3) is 5.91 Å². The van der Waals surface area contributed by atoms with Crippen LogP contribution < -0.4 is 16.2 Å². The van der Waals surface area contributed by atoms with Crippen LogP contribution in [0.25, 0.3) is 11.0 Å². The molecule has 3 rings (SSSR count). The molecule has 1 aliphatic heterocycles. The summed E-state index contributed by atoms with van der Waals surface area (Å²) in [5.74, 6) is -0.262. The van der Waals surface area contributed by atoms with E-state index in [-0.39, 0.29) is 18.6 Å². The van der Waals surface area contributed by atoms with Gasteiger partial charge in [0.05, 0.1) is 11.6 Å². The number of carbonyl (C=O) groups excluding carboxylic acids is 1. The highest BCUT2D eigenvalue weighted by Crippen LogP contribution is 2.10. The summed E-state index contributed by atoms with van der Waals surface area (Å²) < 4.78 is 7.02. The predicted molar refractivity (Wildman–Crippen MR) is 88.4 cm³/mol. The molecule has 0 unspecified atom stereocenters. The Kier molecular flexibility index (Phi) is 4.99. The SMILES string of the molecule is O=C(Cn1nnc2ccccc21)NNC(=S)NC[C@H]1CCCO1. The molecule has 1 saturated heterocycles. The van der Waals surface area contributed by atoms with Crippen molar-refractivity contribution in [1.82, 2.24) is 31.2 Å². The Morgan fingerprint density at radius 3 is 3.09 bits per heavy atom. The van der Waals surface area contributed by atoms with E-state index in [0.717, 1.165) is 30.5 Å². The van der Waals surface area contributed by atoms with Crippen LogP contribution in [-0.2, 0) is 16.1 Å². The van der Waals surface area contributed by atoms with Gasteiger partial charge in [-0.2, -0.15) is 0 Å². The molecule has 2 aromatic rings. The van der Waals surface area contributed by atoms with E-state index in [2.05, 4.69) is 26.5 Å². The van der Waals surface area contributed by atoms with Crippen molar-refractivity contribution in [3.8, 4) is 0 Å². The second-order valence-electron chi connectivity index (χ2n) is 5.25. The van der Waals surface area contributed by atoms with E-state index in [1.165, 1.54) is 4.68 Å². The maximum atomic E-state index is 11.9. The topological polar surface area (TPSA) is 93.1 Å². The van der Waals surface area contributed by atoms with Gasteiger partial charge < -0.3 is 10.1 Å². The minimum absolute atomic E-state index is 0.0574. The Morgan fingerprint density at radius 1 is 1.39 bits per heavy atom. The number of hydrogen-bond acceptors (Lipinski definition) is 5. The van der Waals surface area contributed by atoms with Gasteiger partial charge in [0.2, 0.25) is 0 Å². The van der Waals surface area contributed by atoms with E-state index >= 15 is 0 Å². The minimum Gasteiger partial charge on any atom is -0.376 e. The molecule has 0 spiro atoms. The van der Waals surface area contributed by atoms with E-state index in [1.54, 1.807) is 0 Å². The summed E-state index contributed by atoms with van der Waals surface area (Å²) in [6.45, 7) is 1.49. The molecule has 3 N–H and O–H groups in total. The zero-order valence-corrected chi connectivity index (χ0v) is 13.3. The van der Waals surface area contributed by atoms with Crippen molar-refractivity contribution in [3.63, 3.8) is 0 Å². The van der Waals surface area contributed by atoms with Gasteiger partial charge in [-0.05, 0) is 37.2 Å². The Labute approximate surface area is 138 Å². The van der Waals surface area contributed by atoms with Gasteiger partial charge >= 0.3 is 0 Å². The number of nitrogens with one attached hydrogen (secondary N) is 3. The van der Waals surface area contributed by atoms with Crippen LogP contribution in [0.4, 0.5) is 0 Å². The van der Waals surface area contributed by atoms with Gasteiger partial charge in [-0.3, -0.25) is 15.6 Å². The fourth-order valence-electron chi connectivity index (χ4n) is 2.39. The quantitative estimate of drug-likeness (QED) is 0.539. The molecule has 1 aliphatic rings. The van der Waals surface area contributed by atoms with Crippen molar-refractivity contribution in [2.75, 3.05) is 13.2 Å². The molecule has 0 aliphatic carbocycles. The summed E-state index contributed by atoms with van der Waals surface area (Å²) in [4.78, 5) is 11.9. The molecule has 8 nitrogen and oxygen atoms in total. The zero-order chi connectivity index (χ0) is 16.1. The van der Waals surface area contributed by atoms with Crippen molar-refractivity contribution in [3.05, 3.63) is 24.3 Å². The molecule has 9 heteroatoms. The smallest absolute Gasteiger partial charge is 0.260 e. The zero-order valence-electron chi connectivity index (χ0n) is 12.5. The number of amides is 1. The largest absolute Gasteiger partial charge is 0.376 e. The Hall–Kier alpha value is -2.26. The average Bonchev–Trinajstić information content (AvgIpc) is 3.21. The number of para-hydroxylation sites is 1. The van der Waals surface area contributed by atoms with Crippen molar-refractivity contribution in [1.29, 1.82) is 0 Å². The summed E-state index contributed by atoms with van der Waals surface area (Å²) >= 11 is 5.10. The number of ether oxygens (including phenoxy) is 1. The van der Waals surface area contributed by atoms with E-state index in [4.69, 9.17) is 17.0 Å². The van der Waals surface area contributed by atoms with Crippen LogP contribution in [-0.4, -0.2) is 45.3 Å². The third-order valence-electron chi connectivity index (χ3n) is 3.54. The van der Waals surface area contributed by atoms with Crippen molar-refractivity contribution in [2.45, 2.75) is 25.5 Å². The standard InChI is InChI=1S/C14H18N6O2S/c21-13(9-20-12-6-2-1-5-11(12)16-19-20)17-18-14(23)15-8-10-4-3-7-22-10/h1-2,5-6,10H,3-4,7-9H2,(H,17,21)(H2,15,18,23)/t10-/m1/s1. The van der Waals surface area contributed by atoms with Crippen LogP contribution in [0.3, 0.4) is 0 Å². The Balaban J connectivity index is 1.43. The van der Waals surface area contributed by atoms with Crippen LogP contribution in [0.2, 0.25) is 0 Å². The van der Waals surface area contributed by atoms with Crippen LogP contribution in [0.15, 0.2) is 24.3 Å². The van der Waals surface area contributed by atoms with E-state index in [1.807, 2.05) is 24.3 Å². The first-order valence-corrected chi connectivity index (χ1v) is 7.86. The van der Waals surface area contributed by atoms with Gasteiger partial charge in [0.15, 0.2) is 5.11 Å². The van der Waals surface area contributed by atoms with Gasteiger partial charge in [0, 0.05) is 13.2 Å². The number of hydrazine groups is 1. The first kappa shape index (κ1) is 15.6. The predicted octanol–water partition coefficient (Wildman–Crippen LogP) is 0.106. The second kappa shape index (κ2) is 7.34. The van der Waals surface area contributed by atoms with Crippen molar-refractivity contribution < 1.29 is 9.53 Å². The fourth-order valence-corrected chi connectivity index (χ4v) is 2.53. The summed E-state index contributed by atoms with van der Waals surface area (Å²) in [5.41, 5.74) is 6.77. The molecule has 1 amide bonds. The first-order chi connectivity index (χ1) is 11.2. The summed E-state index contributed by atoms with van der Waals surface area (Å²) in [6.07, 6.45) is 2.29. The fraction of sp³-hybridized carbons (Fsp3) is 0.429. The number of thiocarbonyl (C=S) groups is 1. The van der Waals surface area contributed by atoms with Crippen LogP contribution in [0.1, 0.15) is 12.8 Å². The summed E-state index contributed by atoms with van der Waals surface area (Å²) in [5, 5.41) is 11.3. The highest BCUT2D eigenvalue weighted by Gasteiger charge is 2.15. The first-order valence-electron chi connectivity index (χ1n) is 7.45. The Morgan fingerprint density at radius 2 is 2.26 bits per heavy atom. The van der Waals surface area contributed by atoms with Crippen LogP contribution in [0.5, 0.6) is 0 Å². The monoisotopic (exact) mass is 334 g/mol. The maximum absolute atomic E-state index is 11.9. The molecule has 1 aromatic heterocycles. The molecule has 0 saturated carbocycles. The lowest BCUT2D eigenvalue weighted by molar-refractivity contribution is -0.122. The van der Waals surface area contributed by atoms with E-state index in [0.29, 0.717) is 11.7 Å². The average molecular weight is 334 g/mol. The minimum atomic E-state index is -0.262. The van der Waals surface area contributed by atoms with Gasteiger partial charge in [-0.15, -0.1) is 5.10 Å². The van der Waals surface area contributed by atoms with Gasteiger partial charge in [0.1, 0.15) is 12.1 Å². The molecule has 0 radical (unpaired) electrons. The molecule has 2 heterocycles. The van der Waals surface area contributed by atoms with Crippen LogP contribution in [0, 0.1) is 0 Å². The third kappa shape index (κ3) is 4.14. The van der Waals surface area contributed by atoms with Crippen LogP contribution >= 0.6 is 12.2 Å². The maximum Gasteiger partial charge on any atom is 0.260 e. The number of benzene rings is 1. The lowest BCUT2D eigenvalue weighted by Crippen LogP contribution is -2.49. The highest BCUT2D eigenvalue weighted by molar-refractivity contribution is 7.80. The molecular formula is C14H18N6O2S. The van der Waals surface area contributed by atoms with Crippen molar-refractivity contribution in [2.24, 2.45) is 0 Å². The normalized spacial score (nSPS) is 17.1. The number of fused-ring (bicyclic) bond motifs is 1. The summed E-state index contributed by atoms with van der Waals surface area (Å²) in [6, 6.07) is 7.46. The van der Waals surface area contributed by atoms with Crippen molar-refractivity contribution >= 4 is 34.3 Å². The molecule has 1 atom stereocenters. The van der Waals surface area contributed by atoms with E-state index < -0.39 is 0 Å². The van der Waals surface area contributed by atoms with Gasteiger partial charge in [-0.1, -0.05) is 17.3 Å².